The summed E-state index contributed by atoms with van der Waals surface area (Å²) in [5, 5.41) is 10.6. The maximum absolute atomic E-state index is 13.3. The van der Waals surface area contributed by atoms with E-state index in [0.29, 0.717) is 25.2 Å². The number of carbonyl (C=O) groups excluding carboxylic acids is 1. The Labute approximate surface area is 157 Å². The molecule has 0 aliphatic heterocycles. The fraction of sp³-hybridized carbons (Fsp3) is 0.800. The molecule has 1 saturated carbocycles. The Morgan fingerprint density at radius 2 is 2.04 bits per heavy atom. The van der Waals surface area contributed by atoms with E-state index >= 15 is 0 Å². The van der Waals surface area contributed by atoms with Gasteiger partial charge in [0.1, 0.15) is 0 Å². The Balaban J connectivity index is 2.11. The Hall–Kier alpha value is -1.24. The van der Waals surface area contributed by atoms with E-state index in [1.54, 1.807) is 12.5 Å². The number of Topliss-reactive ketones (excluding diaryl/α,β-unsaturated/α-hetero) is 1. The standard InChI is InChI=1S/C20H36N4O2/c1-14(2)8-9-17(25)11-20(22,15-6-4-3-5-7-15)19(26)18(21)10-16-12-23-13-24-16/h12-15,17-18,25H,3-11,21-22H2,1-2H3,(H,23,24)/t17-,18-,20-/m0/s1. The smallest absolute Gasteiger partial charge is 0.170 e. The Morgan fingerprint density at radius 1 is 1.35 bits per heavy atom. The minimum Gasteiger partial charge on any atom is -0.393 e. The number of ketones is 1. The Kier molecular flexibility index (Phi) is 7.80. The molecular weight excluding hydrogens is 328 g/mol. The van der Waals surface area contributed by atoms with E-state index in [9.17, 15) is 9.90 Å². The van der Waals surface area contributed by atoms with Crippen LogP contribution in [0.2, 0.25) is 0 Å². The molecule has 6 N–H and O–H groups in total. The quantitative estimate of drug-likeness (QED) is 0.508. The molecule has 1 fully saturated rings. The van der Waals surface area contributed by atoms with Crippen molar-refractivity contribution in [3.8, 4) is 0 Å². The highest BCUT2D eigenvalue weighted by atomic mass is 16.3. The summed E-state index contributed by atoms with van der Waals surface area (Å²) in [6.45, 7) is 4.27. The summed E-state index contributed by atoms with van der Waals surface area (Å²) < 4.78 is 0. The van der Waals surface area contributed by atoms with Crippen LogP contribution >= 0.6 is 0 Å². The van der Waals surface area contributed by atoms with Crippen LogP contribution in [0.3, 0.4) is 0 Å². The molecule has 0 spiro atoms. The van der Waals surface area contributed by atoms with Gasteiger partial charge in [0.15, 0.2) is 5.78 Å². The predicted octanol–water partition coefficient (Wildman–Crippen LogP) is 2.31. The van der Waals surface area contributed by atoms with Gasteiger partial charge in [0.2, 0.25) is 0 Å². The highest BCUT2D eigenvalue weighted by molar-refractivity contribution is 5.93. The molecule has 3 atom stereocenters. The zero-order chi connectivity index (χ0) is 19.2. The molecule has 26 heavy (non-hydrogen) atoms. The van der Waals surface area contributed by atoms with Crippen LogP contribution < -0.4 is 11.5 Å². The molecular formula is C20H36N4O2. The Bertz CT molecular complexity index is 540. The van der Waals surface area contributed by atoms with Gasteiger partial charge in [-0.1, -0.05) is 33.1 Å². The zero-order valence-corrected chi connectivity index (χ0v) is 16.3. The topological polar surface area (TPSA) is 118 Å². The first-order valence-electron chi connectivity index (χ1n) is 10.1. The summed E-state index contributed by atoms with van der Waals surface area (Å²) in [6.07, 6.45) is 10.3. The third-order valence-corrected chi connectivity index (χ3v) is 5.77. The molecule has 6 nitrogen and oxygen atoms in total. The molecule has 0 radical (unpaired) electrons. The second-order valence-corrected chi connectivity index (χ2v) is 8.46. The third kappa shape index (κ3) is 5.63. The van der Waals surface area contributed by atoms with Gasteiger partial charge in [-0.05, 0) is 43.9 Å². The molecule has 0 bridgehead atoms. The summed E-state index contributed by atoms with van der Waals surface area (Å²) in [6, 6.07) is -0.681. The van der Waals surface area contributed by atoms with Crippen LogP contribution in [0.4, 0.5) is 0 Å². The van der Waals surface area contributed by atoms with E-state index in [2.05, 4.69) is 23.8 Å². The van der Waals surface area contributed by atoms with Crippen LogP contribution in [0.15, 0.2) is 12.5 Å². The van der Waals surface area contributed by atoms with Crippen molar-refractivity contribution in [3.63, 3.8) is 0 Å². The van der Waals surface area contributed by atoms with E-state index in [1.807, 2.05) is 0 Å². The van der Waals surface area contributed by atoms with Crippen LogP contribution in [0.25, 0.3) is 0 Å². The summed E-state index contributed by atoms with van der Waals surface area (Å²) in [5.41, 5.74) is 12.8. The van der Waals surface area contributed by atoms with Crippen molar-refractivity contribution in [2.45, 2.75) is 89.3 Å². The SMILES string of the molecule is CC(C)CC[C@H](O)C[C@@](N)(C(=O)[C@@H](N)Cc1cnc[nH]1)C1CCCCC1. The van der Waals surface area contributed by atoms with Crippen molar-refractivity contribution < 1.29 is 9.90 Å². The van der Waals surface area contributed by atoms with Crippen molar-refractivity contribution in [1.82, 2.24) is 9.97 Å². The molecule has 0 amide bonds. The van der Waals surface area contributed by atoms with Crippen molar-refractivity contribution in [2.24, 2.45) is 23.3 Å². The lowest BCUT2D eigenvalue weighted by Gasteiger charge is -2.41. The van der Waals surface area contributed by atoms with Crippen LogP contribution in [0.1, 0.15) is 70.9 Å². The number of aliphatic hydroxyl groups excluding tert-OH is 1. The van der Waals surface area contributed by atoms with E-state index < -0.39 is 17.7 Å². The number of hydrogen-bond acceptors (Lipinski definition) is 5. The lowest BCUT2D eigenvalue weighted by atomic mass is 9.68. The Morgan fingerprint density at radius 3 is 2.62 bits per heavy atom. The van der Waals surface area contributed by atoms with E-state index in [4.69, 9.17) is 11.5 Å². The first kappa shape index (κ1) is 21.1. The van der Waals surface area contributed by atoms with E-state index in [0.717, 1.165) is 37.8 Å². The molecule has 2 rings (SSSR count). The molecule has 1 heterocycles. The summed E-state index contributed by atoms with van der Waals surface area (Å²) in [7, 11) is 0. The average Bonchev–Trinajstić information content (AvgIpc) is 3.12. The minimum atomic E-state index is -1.05. The second-order valence-electron chi connectivity index (χ2n) is 8.46. The number of nitrogens with one attached hydrogen (secondary N) is 1. The van der Waals surface area contributed by atoms with Crippen LogP contribution in [-0.2, 0) is 11.2 Å². The number of carbonyl (C=O) groups is 1. The summed E-state index contributed by atoms with van der Waals surface area (Å²) in [4.78, 5) is 20.2. The molecule has 0 saturated heterocycles. The zero-order valence-electron chi connectivity index (χ0n) is 16.3. The van der Waals surface area contributed by atoms with Gasteiger partial charge in [-0.3, -0.25) is 4.79 Å². The molecule has 1 aliphatic carbocycles. The molecule has 1 aromatic rings. The maximum atomic E-state index is 13.3. The number of H-pyrrole nitrogens is 1. The minimum absolute atomic E-state index is 0.102. The lowest BCUT2D eigenvalue weighted by molar-refractivity contribution is -0.129. The number of hydrogen-bond donors (Lipinski definition) is 4. The van der Waals surface area contributed by atoms with Crippen molar-refractivity contribution in [3.05, 3.63) is 18.2 Å². The van der Waals surface area contributed by atoms with Crippen molar-refractivity contribution in [2.75, 3.05) is 0 Å². The average molecular weight is 365 g/mol. The van der Waals surface area contributed by atoms with Crippen molar-refractivity contribution in [1.29, 1.82) is 0 Å². The second kappa shape index (κ2) is 9.62. The van der Waals surface area contributed by atoms with E-state index in [1.165, 1.54) is 6.42 Å². The number of aromatic amines is 1. The predicted molar refractivity (Wildman–Crippen MR) is 103 cm³/mol. The van der Waals surface area contributed by atoms with Crippen LogP contribution in [-0.4, -0.2) is 38.5 Å². The van der Waals surface area contributed by atoms with Crippen LogP contribution in [0.5, 0.6) is 0 Å². The highest BCUT2D eigenvalue weighted by Crippen LogP contribution is 2.36. The van der Waals surface area contributed by atoms with E-state index in [-0.39, 0.29) is 11.7 Å². The number of imidazole rings is 1. The third-order valence-electron chi connectivity index (χ3n) is 5.77. The number of rotatable bonds is 10. The highest BCUT2D eigenvalue weighted by Gasteiger charge is 2.45. The number of nitrogens with zero attached hydrogens (tertiary/aromatic N) is 1. The van der Waals surface area contributed by atoms with Crippen molar-refractivity contribution >= 4 is 5.78 Å². The van der Waals surface area contributed by atoms with Gasteiger partial charge >= 0.3 is 0 Å². The monoisotopic (exact) mass is 364 g/mol. The largest absolute Gasteiger partial charge is 0.393 e. The van der Waals surface area contributed by atoms with Gasteiger partial charge in [0.25, 0.3) is 0 Å². The molecule has 1 aromatic heterocycles. The first-order chi connectivity index (χ1) is 12.3. The van der Waals surface area contributed by atoms with Gasteiger partial charge in [-0.15, -0.1) is 0 Å². The van der Waals surface area contributed by atoms with Gasteiger partial charge in [-0.25, -0.2) is 4.98 Å². The normalized spacial score (nSPS) is 20.7. The number of nitrogens with two attached hydrogens (primary N) is 2. The summed E-state index contributed by atoms with van der Waals surface area (Å²) in [5.74, 6) is 0.498. The number of aliphatic hydroxyl groups is 1. The molecule has 148 valence electrons. The molecule has 1 aliphatic rings. The van der Waals surface area contributed by atoms with Gasteiger partial charge in [0, 0.05) is 18.3 Å². The molecule has 0 unspecified atom stereocenters. The fourth-order valence-electron chi connectivity index (χ4n) is 4.17. The number of aromatic nitrogens is 2. The van der Waals surface area contributed by atoms with Crippen LogP contribution in [0, 0.1) is 11.8 Å². The lowest BCUT2D eigenvalue weighted by Crippen LogP contribution is -2.61. The van der Waals surface area contributed by atoms with Gasteiger partial charge < -0.3 is 21.6 Å². The first-order valence-corrected chi connectivity index (χ1v) is 10.1. The van der Waals surface area contributed by atoms with Gasteiger partial charge in [-0.2, -0.15) is 0 Å². The molecule has 6 heteroatoms. The fourth-order valence-corrected chi connectivity index (χ4v) is 4.17. The van der Waals surface area contributed by atoms with Gasteiger partial charge in [0.05, 0.1) is 24.0 Å². The summed E-state index contributed by atoms with van der Waals surface area (Å²) >= 11 is 0. The molecule has 0 aromatic carbocycles. The maximum Gasteiger partial charge on any atom is 0.170 e.